The largest absolute Gasteiger partial charge is 0.497 e. The number of ether oxygens (including phenoxy) is 1. The van der Waals surface area contributed by atoms with Gasteiger partial charge in [0.1, 0.15) is 5.75 Å². The molecule has 0 aliphatic carbocycles. The first-order valence-corrected chi connectivity index (χ1v) is 10.1. The van der Waals surface area contributed by atoms with E-state index in [9.17, 15) is 18.0 Å². The van der Waals surface area contributed by atoms with Crippen molar-refractivity contribution in [3.05, 3.63) is 58.6 Å². The van der Waals surface area contributed by atoms with Gasteiger partial charge in [-0.3, -0.25) is 9.59 Å². The second-order valence-electron chi connectivity index (χ2n) is 5.92. The zero-order valence-corrected chi connectivity index (χ0v) is 16.0. The molecule has 1 aliphatic heterocycles. The highest BCUT2D eigenvalue weighted by Gasteiger charge is 2.37. The Hall–Kier alpha value is -2.58. The lowest BCUT2D eigenvalue weighted by Gasteiger charge is -2.17. The van der Waals surface area contributed by atoms with Crippen LogP contribution in [-0.2, 0) is 21.4 Å². The molecule has 1 aliphatic rings. The lowest BCUT2D eigenvalue weighted by molar-refractivity contribution is -0.116. The first kappa shape index (κ1) is 19.2. The first-order chi connectivity index (χ1) is 12.8. The van der Waals surface area contributed by atoms with Crippen LogP contribution in [0.15, 0.2) is 42.5 Å². The molecule has 7 nitrogen and oxygen atoms in total. The minimum atomic E-state index is -3.76. The molecule has 2 amide bonds. The number of nitrogens with one attached hydrogen (secondary N) is 1. The summed E-state index contributed by atoms with van der Waals surface area (Å²) in [7, 11) is -2.19. The highest BCUT2D eigenvalue weighted by atomic mass is 35.5. The maximum Gasteiger partial charge on any atom is 0.251 e. The minimum Gasteiger partial charge on any atom is -0.497 e. The van der Waals surface area contributed by atoms with Crippen molar-refractivity contribution in [3.8, 4) is 5.75 Å². The van der Waals surface area contributed by atoms with E-state index in [1.54, 1.807) is 19.2 Å². The Bertz CT molecular complexity index is 989. The number of hydrogen-bond acceptors (Lipinski definition) is 5. The van der Waals surface area contributed by atoms with E-state index in [1.165, 1.54) is 18.2 Å². The van der Waals surface area contributed by atoms with Crippen LogP contribution >= 0.6 is 11.6 Å². The van der Waals surface area contributed by atoms with Crippen molar-refractivity contribution in [2.75, 3.05) is 17.2 Å². The van der Waals surface area contributed by atoms with Crippen LogP contribution < -0.4 is 14.4 Å². The molecule has 0 atom stereocenters. The Morgan fingerprint density at radius 1 is 1.22 bits per heavy atom. The molecule has 9 heteroatoms. The molecule has 27 heavy (non-hydrogen) atoms. The van der Waals surface area contributed by atoms with Crippen LogP contribution in [0, 0.1) is 0 Å². The Morgan fingerprint density at radius 2 is 1.93 bits per heavy atom. The summed E-state index contributed by atoms with van der Waals surface area (Å²) in [6.07, 6.45) is -0.105. The molecule has 1 saturated heterocycles. The molecule has 1 N–H and O–H groups in total. The Morgan fingerprint density at radius 3 is 2.52 bits per heavy atom. The standard InChI is InChI=1S/C18H17ClN2O5S/c1-26-14-5-2-12(3-6-14)11-20-18(23)13-4-7-15(19)16(10-13)21-17(22)8-9-27(21,24)25/h2-7,10H,8-9,11H2,1H3,(H,20,23). The molecule has 142 valence electrons. The maximum atomic E-state index is 12.4. The summed E-state index contributed by atoms with van der Waals surface area (Å²) in [6, 6.07) is 11.4. The van der Waals surface area contributed by atoms with Crippen LogP contribution in [0.2, 0.25) is 5.02 Å². The lowest BCUT2D eigenvalue weighted by Crippen LogP contribution is -2.30. The topological polar surface area (TPSA) is 92.8 Å². The van der Waals surface area contributed by atoms with Gasteiger partial charge < -0.3 is 10.1 Å². The van der Waals surface area contributed by atoms with E-state index in [-0.39, 0.29) is 35.0 Å². The second kappa shape index (κ2) is 7.58. The van der Waals surface area contributed by atoms with E-state index in [0.717, 1.165) is 5.56 Å². The predicted octanol–water partition coefficient (Wildman–Crippen LogP) is 2.35. The number of hydrogen-bond donors (Lipinski definition) is 1. The van der Waals surface area contributed by atoms with Gasteiger partial charge in [0.25, 0.3) is 5.91 Å². The van der Waals surface area contributed by atoms with E-state index in [2.05, 4.69) is 5.32 Å². The Kier molecular flexibility index (Phi) is 5.38. The molecular weight excluding hydrogens is 392 g/mol. The van der Waals surface area contributed by atoms with Gasteiger partial charge in [-0.05, 0) is 35.9 Å². The number of anilines is 1. The smallest absolute Gasteiger partial charge is 0.251 e. The lowest BCUT2D eigenvalue weighted by atomic mass is 10.1. The van der Waals surface area contributed by atoms with Gasteiger partial charge in [-0.2, -0.15) is 0 Å². The molecule has 0 saturated carbocycles. The van der Waals surface area contributed by atoms with Crippen molar-refractivity contribution >= 4 is 39.1 Å². The van der Waals surface area contributed by atoms with Gasteiger partial charge >= 0.3 is 0 Å². The van der Waals surface area contributed by atoms with Gasteiger partial charge in [-0.25, -0.2) is 12.7 Å². The number of carbonyl (C=O) groups excluding carboxylic acids is 2. The number of carbonyl (C=O) groups is 2. The van der Waals surface area contributed by atoms with Gasteiger partial charge in [-0.15, -0.1) is 0 Å². The van der Waals surface area contributed by atoms with E-state index in [0.29, 0.717) is 10.1 Å². The highest BCUT2D eigenvalue weighted by molar-refractivity contribution is 7.94. The Labute approximate surface area is 161 Å². The molecule has 2 aromatic rings. The average molecular weight is 409 g/mol. The molecule has 3 rings (SSSR count). The number of benzene rings is 2. The second-order valence-corrected chi connectivity index (χ2v) is 8.27. The van der Waals surface area contributed by atoms with Crippen LogP contribution in [0.4, 0.5) is 5.69 Å². The van der Waals surface area contributed by atoms with Crippen LogP contribution in [0.25, 0.3) is 0 Å². The van der Waals surface area contributed by atoms with Gasteiger partial charge in [0.15, 0.2) is 0 Å². The maximum absolute atomic E-state index is 12.4. The summed E-state index contributed by atoms with van der Waals surface area (Å²) < 4.78 is 30.0. The zero-order chi connectivity index (χ0) is 19.6. The first-order valence-electron chi connectivity index (χ1n) is 8.08. The summed E-state index contributed by atoms with van der Waals surface area (Å²) in [5.41, 5.74) is 1.07. The third kappa shape index (κ3) is 4.06. The molecule has 0 radical (unpaired) electrons. The molecular formula is C18H17ClN2O5S. The van der Waals surface area contributed by atoms with Crippen molar-refractivity contribution < 1.29 is 22.7 Å². The van der Waals surface area contributed by atoms with Crippen LogP contribution in [0.1, 0.15) is 22.3 Å². The number of amides is 2. The molecule has 0 aromatic heterocycles. The average Bonchev–Trinajstić information content (AvgIpc) is 2.93. The monoisotopic (exact) mass is 408 g/mol. The van der Waals surface area contributed by atoms with E-state index < -0.39 is 21.8 Å². The number of halogens is 1. The van der Waals surface area contributed by atoms with Gasteiger partial charge in [0.2, 0.25) is 15.9 Å². The third-order valence-corrected chi connectivity index (χ3v) is 6.11. The molecule has 0 spiro atoms. The molecule has 0 bridgehead atoms. The molecule has 0 unspecified atom stereocenters. The number of sulfonamides is 1. The van der Waals surface area contributed by atoms with Crippen LogP contribution in [0.3, 0.4) is 0 Å². The van der Waals surface area contributed by atoms with Crippen molar-refractivity contribution in [2.24, 2.45) is 0 Å². The predicted molar refractivity (Wildman–Crippen MR) is 102 cm³/mol. The SMILES string of the molecule is COc1ccc(CNC(=O)c2ccc(Cl)c(N3C(=O)CCS3(=O)=O)c2)cc1. The van der Waals surface area contributed by atoms with Crippen LogP contribution in [0.5, 0.6) is 5.75 Å². The number of nitrogens with zero attached hydrogens (tertiary/aromatic N) is 1. The van der Waals surface area contributed by atoms with Crippen molar-refractivity contribution in [1.29, 1.82) is 0 Å². The zero-order valence-electron chi connectivity index (χ0n) is 14.4. The fraction of sp³-hybridized carbons (Fsp3) is 0.222. The van der Waals surface area contributed by atoms with Crippen molar-refractivity contribution in [1.82, 2.24) is 5.32 Å². The normalized spacial score (nSPS) is 15.6. The fourth-order valence-electron chi connectivity index (χ4n) is 2.69. The summed E-state index contributed by atoms with van der Waals surface area (Å²) in [5, 5.41) is 2.83. The van der Waals surface area contributed by atoms with Crippen molar-refractivity contribution in [3.63, 3.8) is 0 Å². The van der Waals surface area contributed by atoms with Gasteiger partial charge in [0.05, 0.1) is 23.6 Å². The van der Waals surface area contributed by atoms with Gasteiger partial charge in [0, 0.05) is 18.5 Å². The number of rotatable bonds is 5. The molecule has 2 aromatic carbocycles. The van der Waals surface area contributed by atoms with Gasteiger partial charge in [-0.1, -0.05) is 23.7 Å². The molecule has 1 heterocycles. The van der Waals surface area contributed by atoms with Crippen molar-refractivity contribution in [2.45, 2.75) is 13.0 Å². The summed E-state index contributed by atoms with van der Waals surface area (Å²) in [6.45, 7) is 0.279. The minimum absolute atomic E-state index is 0.00346. The van der Waals surface area contributed by atoms with E-state index >= 15 is 0 Å². The summed E-state index contributed by atoms with van der Waals surface area (Å²) in [5.74, 6) is -0.528. The third-order valence-electron chi connectivity index (χ3n) is 4.12. The highest BCUT2D eigenvalue weighted by Crippen LogP contribution is 2.32. The van der Waals surface area contributed by atoms with E-state index in [4.69, 9.17) is 16.3 Å². The Balaban J connectivity index is 1.78. The number of methoxy groups -OCH3 is 1. The summed E-state index contributed by atoms with van der Waals surface area (Å²) >= 11 is 6.07. The molecule has 1 fully saturated rings. The van der Waals surface area contributed by atoms with Crippen LogP contribution in [-0.4, -0.2) is 33.1 Å². The summed E-state index contributed by atoms with van der Waals surface area (Å²) in [4.78, 5) is 24.4. The fourth-order valence-corrected chi connectivity index (χ4v) is 4.41. The van der Waals surface area contributed by atoms with E-state index in [1.807, 2.05) is 12.1 Å². The quantitative estimate of drug-likeness (QED) is 0.819.